The zero-order valence-corrected chi connectivity index (χ0v) is 12.0. The minimum Gasteiger partial charge on any atom is -0.481 e. The predicted octanol–water partition coefficient (Wildman–Crippen LogP) is 2.53. The highest BCUT2D eigenvalue weighted by Crippen LogP contribution is 2.37. The molecule has 1 saturated heterocycles. The van der Waals surface area contributed by atoms with Crippen LogP contribution in [-0.2, 0) is 16.1 Å². The first-order valence-corrected chi connectivity index (χ1v) is 6.79. The lowest BCUT2D eigenvalue weighted by atomic mass is 9.80. The van der Waals surface area contributed by atoms with Gasteiger partial charge in [0.1, 0.15) is 6.61 Å². The van der Waals surface area contributed by atoms with Gasteiger partial charge in [0, 0.05) is 19.0 Å². The average Bonchev–Trinajstić information content (AvgIpc) is 2.84. The summed E-state index contributed by atoms with van der Waals surface area (Å²) in [5, 5.41) is 9.35. The van der Waals surface area contributed by atoms with Crippen LogP contribution in [0.15, 0.2) is 43.0 Å². The molecule has 0 aromatic heterocycles. The van der Waals surface area contributed by atoms with E-state index in [1.165, 1.54) is 4.90 Å². The fourth-order valence-electron chi connectivity index (χ4n) is 2.53. The van der Waals surface area contributed by atoms with E-state index >= 15 is 0 Å². The molecular formula is C16H19NO4. The second kappa shape index (κ2) is 5.99. The summed E-state index contributed by atoms with van der Waals surface area (Å²) in [5.41, 5.74) is -0.112. The summed E-state index contributed by atoms with van der Waals surface area (Å²) in [6.45, 7) is 5.93. The second-order valence-electron chi connectivity index (χ2n) is 5.49. The Morgan fingerprint density at radius 1 is 1.48 bits per heavy atom. The van der Waals surface area contributed by atoms with Gasteiger partial charge in [-0.15, -0.1) is 6.58 Å². The zero-order chi connectivity index (χ0) is 15.5. The van der Waals surface area contributed by atoms with Crippen LogP contribution in [0.5, 0.6) is 0 Å². The lowest BCUT2D eigenvalue weighted by molar-refractivity contribution is -0.148. The molecule has 112 valence electrons. The number of hydrogen-bond donors (Lipinski definition) is 1. The Bertz CT molecular complexity index is 542. The van der Waals surface area contributed by atoms with Gasteiger partial charge in [0.05, 0.1) is 5.41 Å². The monoisotopic (exact) mass is 289 g/mol. The van der Waals surface area contributed by atoms with Crippen LogP contribution in [0.25, 0.3) is 0 Å². The van der Waals surface area contributed by atoms with Crippen LogP contribution in [0, 0.1) is 11.3 Å². The first kappa shape index (κ1) is 15.1. The smallest absolute Gasteiger partial charge is 0.410 e. The molecule has 0 bridgehead atoms. The fourth-order valence-corrected chi connectivity index (χ4v) is 2.53. The Kier molecular flexibility index (Phi) is 4.31. The van der Waals surface area contributed by atoms with E-state index in [2.05, 4.69) is 6.58 Å². The highest BCUT2D eigenvalue weighted by Gasteiger charge is 2.49. The molecule has 1 amide bonds. The second-order valence-corrected chi connectivity index (χ2v) is 5.49. The van der Waals surface area contributed by atoms with E-state index in [0.29, 0.717) is 6.54 Å². The molecule has 0 spiro atoms. The first-order chi connectivity index (χ1) is 9.97. The zero-order valence-electron chi connectivity index (χ0n) is 12.0. The van der Waals surface area contributed by atoms with Gasteiger partial charge in [-0.3, -0.25) is 4.79 Å². The van der Waals surface area contributed by atoms with Crippen LogP contribution in [0.4, 0.5) is 4.79 Å². The number of ether oxygens (including phenoxy) is 1. The Morgan fingerprint density at radius 2 is 2.14 bits per heavy atom. The van der Waals surface area contributed by atoms with Crippen molar-refractivity contribution in [2.75, 3.05) is 13.1 Å². The number of nitrogens with zero attached hydrogens (tertiary/aromatic N) is 1. The van der Waals surface area contributed by atoms with Crippen molar-refractivity contribution in [2.45, 2.75) is 13.5 Å². The van der Waals surface area contributed by atoms with Gasteiger partial charge in [0.25, 0.3) is 0 Å². The largest absolute Gasteiger partial charge is 0.481 e. The fraction of sp³-hybridized carbons (Fsp3) is 0.375. The van der Waals surface area contributed by atoms with Gasteiger partial charge in [0.15, 0.2) is 0 Å². The maximum atomic E-state index is 12.1. The summed E-state index contributed by atoms with van der Waals surface area (Å²) in [6, 6.07) is 9.36. The number of hydrogen-bond acceptors (Lipinski definition) is 3. The summed E-state index contributed by atoms with van der Waals surface area (Å²) in [5.74, 6) is -1.20. The number of carboxylic acid groups (broad SMARTS) is 1. The lowest BCUT2D eigenvalue weighted by Gasteiger charge is -2.22. The van der Waals surface area contributed by atoms with Crippen LogP contribution in [0.2, 0.25) is 0 Å². The summed E-state index contributed by atoms with van der Waals surface area (Å²) < 4.78 is 5.24. The SMILES string of the molecule is C=CC1CN(C(=O)OCc2ccccc2)CC1(C)C(=O)O. The van der Waals surface area contributed by atoms with Crippen LogP contribution < -0.4 is 0 Å². The van der Waals surface area contributed by atoms with E-state index in [-0.39, 0.29) is 19.1 Å². The van der Waals surface area contributed by atoms with Crippen molar-refractivity contribution < 1.29 is 19.4 Å². The van der Waals surface area contributed by atoms with Gasteiger partial charge in [-0.05, 0) is 12.5 Å². The van der Waals surface area contributed by atoms with Crippen molar-refractivity contribution in [2.24, 2.45) is 11.3 Å². The molecule has 1 aliphatic heterocycles. The topological polar surface area (TPSA) is 66.8 Å². The molecule has 21 heavy (non-hydrogen) atoms. The Morgan fingerprint density at radius 3 is 2.67 bits per heavy atom. The van der Waals surface area contributed by atoms with Gasteiger partial charge in [-0.1, -0.05) is 36.4 Å². The molecule has 5 nitrogen and oxygen atoms in total. The van der Waals surface area contributed by atoms with E-state index in [4.69, 9.17) is 4.74 Å². The van der Waals surface area contributed by atoms with Crippen molar-refractivity contribution in [3.05, 3.63) is 48.6 Å². The van der Waals surface area contributed by atoms with E-state index < -0.39 is 17.5 Å². The molecule has 0 aliphatic carbocycles. The van der Waals surface area contributed by atoms with Crippen LogP contribution >= 0.6 is 0 Å². The van der Waals surface area contributed by atoms with Gasteiger partial charge in [0.2, 0.25) is 0 Å². The van der Waals surface area contributed by atoms with Crippen molar-refractivity contribution in [1.82, 2.24) is 4.90 Å². The van der Waals surface area contributed by atoms with Gasteiger partial charge < -0.3 is 14.7 Å². The Labute approximate surface area is 123 Å². The molecule has 2 atom stereocenters. The molecule has 1 aromatic carbocycles. The molecule has 0 radical (unpaired) electrons. The highest BCUT2D eigenvalue weighted by atomic mass is 16.6. The summed E-state index contributed by atoms with van der Waals surface area (Å²) >= 11 is 0. The third-order valence-electron chi connectivity index (χ3n) is 3.99. The van der Waals surface area contributed by atoms with E-state index in [1.54, 1.807) is 13.0 Å². The average molecular weight is 289 g/mol. The summed E-state index contributed by atoms with van der Waals surface area (Å²) in [6.07, 6.45) is 1.11. The molecule has 1 aromatic rings. The number of aliphatic carboxylic acids is 1. The van der Waals surface area contributed by atoms with Crippen LogP contribution in [0.1, 0.15) is 12.5 Å². The van der Waals surface area contributed by atoms with E-state index in [0.717, 1.165) is 5.56 Å². The quantitative estimate of drug-likeness (QED) is 0.865. The Hall–Kier alpha value is -2.30. The number of likely N-dealkylation sites (tertiary alicyclic amines) is 1. The molecule has 5 heteroatoms. The number of rotatable bonds is 4. The van der Waals surface area contributed by atoms with Gasteiger partial charge in [-0.2, -0.15) is 0 Å². The Balaban J connectivity index is 1.98. The predicted molar refractivity (Wildman–Crippen MR) is 77.6 cm³/mol. The first-order valence-electron chi connectivity index (χ1n) is 6.79. The number of carbonyl (C=O) groups is 2. The minimum atomic E-state index is -1.01. The number of carboxylic acids is 1. The maximum absolute atomic E-state index is 12.1. The lowest BCUT2D eigenvalue weighted by Crippen LogP contribution is -2.36. The molecule has 2 unspecified atom stereocenters. The molecule has 1 aliphatic rings. The number of amides is 1. The summed E-state index contributed by atoms with van der Waals surface area (Å²) in [4.78, 5) is 24.9. The summed E-state index contributed by atoms with van der Waals surface area (Å²) in [7, 11) is 0. The van der Waals surface area contributed by atoms with Crippen LogP contribution in [0.3, 0.4) is 0 Å². The standard InChI is InChI=1S/C16H19NO4/c1-3-13-9-17(11-16(13,2)14(18)19)15(20)21-10-12-7-5-4-6-8-12/h3-8,13H,1,9-11H2,2H3,(H,18,19). The molecule has 1 fully saturated rings. The molecule has 1 N–H and O–H groups in total. The number of benzene rings is 1. The highest BCUT2D eigenvalue weighted by molar-refractivity contribution is 5.78. The van der Waals surface area contributed by atoms with Crippen LogP contribution in [-0.4, -0.2) is 35.2 Å². The molecular weight excluding hydrogens is 270 g/mol. The van der Waals surface area contributed by atoms with E-state index in [1.807, 2.05) is 30.3 Å². The maximum Gasteiger partial charge on any atom is 0.410 e. The number of carbonyl (C=O) groups excluding carboxylic acids is 1. The van der Waals surface area contributed by atoms with Crippen molar-refractivity contribution in [1.29, 1.82) is 0 Å². The third-order valence-corrected chi connectivity index (χ3v) is 3.99. The normalized spacial score (nSPS) is 24.6. The molecule has 1 heterocycles. The third kappa shape index (κ3) is 3.07. The van der Waals surface area contributed by atoms with E-state index in [9.17, 15) is 14.7 Å². The van der Waals surface area contributed by atoms with Gasteiger partial charge in [-0.25, -0.2) is 4.79 Å². The van der Waals surface area contributed by atoms with Crippen molar-refractivity contribution in [3.8, 4) is 0 Å². The molecule has 2 rings (SSSR count). The van der Waals surface area contributed by atoms with Crippen molar-refractivity contribution in [3.63, 3.8) is 0 Å². The molecule has 0 saturated carbocycles. The van der Waals surface area contributed by atoms with Gasteiger partial charge >= 0.3 is 12.1 Å². The van der Waals surface area contributed by atoms with Crippen molar-refractivity contribution >= 4 is 12.1 Å². The minimum absolute atomic E-state index is 0.132.